The van der Waals surface area contributed by atoms with Gasteiger partial charge in [-0.2, -0.15) is 0 Å². The van der Waals surface area contributed by atoms with Gasteiger partial charge in [0.1, 0.15) is 0 Å². The summed E-state index contributed by atoms with van der Waals surface area (Å²) < 4.78 is 0. The first kappa shape index (κ1) is 18.3. The minimum absolute atomic E-state index is 0.103. The average molecular weight is 362 g/mol. The smallest absolute Gasteiger partial charge is 0.239 e. The van der Waals surface area contributed by atoms with Crippen LogP contribution in [0.15, 0.2) is 0 Å². The lowest BCUT2D eigenvalue weighted by molar-refractivity contribution is -0.135. The zero-order valence-electron chi connectivity index (χ0n) is 16.7. The first-order valence-corrected chi connectivity index (χ1v) is 10.6. The number of carbonyl (C=O) groups is 2. The Bertz CT molecular complexity index is 538. The van der Waals surface area contributed by atoms with Crippen LogP contribution in [0.2, 0.25) is 0 Å². The van der Waals surface area contributed by atoms with Gasteiger partial charge in [-0.3, -0.25) is 14.5 Å². The Labute approximate surface area is 157 Å². The summed E-state index contributed by atoms with van der Waals surface area (Å²) in [6.45, 7) is 3.45. The van der Waals surface area contributed by atoms with E-state index in [1.807, 2.05) is 0 Å². The first-order chi connectivity index (χ1) is 12.4. The summed E-state index contributed by atoms with van der Waals surface area (Å²) in [6.07, 6.45) is 10.1. The molecule has 0 radical (unpaired) electrons. The van der Waals surface area contributed by atoms with E-state index in [4.69, 9.17) is 0 Å². The third-order valence-electron chi connectivity index (χ3n) is 7.82. The van der Waals surface area contributed by atoms with E-state index in [2.05, 4.69) is 17.1 Å². The lowest BCUT2D eigenvalue weighted by atomic mass is 9.48. The van der Waals surface area contributed by atoms with Crippen LogP contribution in [0.25, 0.3) is 0 Å². The van der Waals surface area contributed by atoms with Gasteiger partial charge in [-0.25, -0.2) is 0 Å². The predicted molar refractivity (Wildman–Crippen MR) is 101 cm³/mol. The monoisotopic (exact) mass is 361 g/mol. The van der Waals surface area contributed by atoms with Crippen LogP contribution in [-0.2, 0) is 9.59 Å². The van der Waals surface area contributed by atoms with Crippen LogP contribution >= 0.6 is 0 Å². The van der Waals surface area contributed by atoms with Gasteiger partial charge in [0.05, 0.1) is 12.6 Å². The zero-order chi connectivity index (χ0) is 18.5. The number of nitrogens with one attached hydrogen (secondary N) is 1. The van der Waals surface area contributed by atoms with Crippen LogP contribution in [0.1, 0.15) is 58.3 Å². The van der Waals surface area contributed by atoms with Crippen molar-refractivity contribution < 1.29 is 9.59 Å². The number of likely N-dealkylation sites (tertiary alicyclic amines) is 1. The quantitative estimate of drug-likeness (QED) is 0.817. The van der Waals surface area contributed by atoms with Crippen molar-refractivity contribution >= 4 is 11.8 Å². The van der Waals surface area contributed by atoms with E-state index >= 15 is 0 Å². The predicted octanol–water partition coefficient (Wildman–Crippen LogP) is 2.26. The molecule has 5 rings (SSSR count). The highest BCUT2D eigenvalue weighted by Crippen LogP contribution is 2.61. The van der Waals surface area contributed by atoms with Crippen LogP contribution in [0, 0.1) is 23.2 Å². The summed E-state index contributed by atoms with van der Waals surface area (Å²) in [5.74, 6) is 2.94. The van der Waals surface area contributed by atoms with E-state index in [9.17, 15) is 9.59 Å². The third kappa shape index (κ3) is 3.28. The molecule has 5 nitrogen and oxygen atoms in total. The number of rotatable bonds is 5. The molecule has 4 aliphatic carbocycles. The van der Waals surface area contributed by atoms with Crippen molar-refractivity contribution in [1.29, 1.82) is 0 Å². The van der Waals surface area contributed by atoms with Gasteiger partial charge in [0.25, 0.3) is 0 Å². The number of hydrogen-bond acceptors (Lipinski definition) is 3. The van der Waals surface area contributed by atoms with Crippen molar-refractivity contribution in [2.24, 2.45) is 23.2 Å². The standard InChI is InChI=1S/C21H35N3O2/c1-14(21-10-15-7-16(11-21)9-17(8-15)12-21)22-19(25)13-24-6-4-5-18(24)20(26)23(2)3/h14-18H,4-13H2,1-3H3,(H,22,25)/t14-,15?,16?,17?,18-,21?/m1/s1. The van der Waals surface area contributed by atoms with Crippen LogP contribution in [0.4, 0.5) is 0 Å². The molecular formula is C21H35N3O2. The fourth-order valence-corrected chi connectivity index (χ4v) is 6.93. The lowest BCUT2D eigenvalue weighted by Crippen LogP contribution is -2.57. The van der Waals surface area contributed by atoms with Crippen LogP contribution < -0.4 is 5.32 Å². The Kier molecular flexibility index (Phi) is 4.79. The number of nitrogens with zero attached hydrogens (tertiary/aromatic N) is 2. The molecule has 4 saturated carbocycles. The van der Waals surface area contributed by atoms with Gasteiger partial charge in [-0.05, 0) is 88.0 Å². The van der Waals surface area contributed by atoms with E-state index in [1.165, 1.54) is 38.5 Å². The Balaban J connectivity index is 1.35. The molecular weight excluding hydrogens is 326 g/mol. The fourth-order valence-electron chi connectivity index (χ4n) is 6.93. The van der Waals surface area contributed by atoms with Gasteiger partial charge in [-0.1, -0.05) is 0 Å². The second kappa shape index (κ2) is 6.81. The summed E-state index contributed by atoms with van der Waals surface area (Å²) in [7, 11) is 3.60. The van der Waals surface area contributed by atoms with Gasteiger partial charge in [0.15, 0.2) is 0 Å². The minimum Gasteiger partial charge on any atom is -0.352 e. The van der Waals surface area contributed by atoms with Crippen molar-refractivity contribution in [3.05, 3.63) is 0 Å². The van der Waals surface area contributed by atoms with E-state index < -0.39 is 0 Å². The largest absolute Gasteiger partial charge is 0.352 e. The number of amides is 2. The molecule has 1 saturated heterocycles. The number of hydrogen-bond donors (Lipinski definition) is 1. The molecule has 26 heavy (non-hydrogen) atoms. The average Bonchev–Trinajstić information content (AvgIpc) is 3.00. The molecule has 146 valence electrons. The number of likely N-dealkylation sites (N-methyl/N-ethyl adjacent to an activating group) is 1. The Hall–Kier alpha value is -1.10. The van der Waals surface area contributed by atoms with E-state index in [0.717, 1.165) is 37.1 Å². The van der Waals surface area contributed by atoms with Crippen molar-refractivity contribution in [2.45, 2.75) is 70.4 Å². The Morgan fingerprint density at radius 1 is 1.12 bits per heavy atom. The van der Waals surface area contributed by atoms with Crippen molar-refractivity contribution in [2.75, 3.05) is 27.2 Å². The second-order valence-electron chi connectivity index (χ2n) is 9.93. The molecule has 5 aliphatic rings. The highest BCUT2D eigenvalue weighted by atomic mass is 16.2. The third-order valence-corrected chi connectivity index (χ3v) is 7.82. The van der Waals surface area contributed by atoms with Gasteiger partial charge in [0.2, 0.25) is 11.8 Å². The molecule has 5 fully saturated rings. The van der Waals surface area contributed by atoms with E-state index in [0.29, 0.717) is 12.0 Å². The van der Waals surface area contributed by atoms with E-state index in [1.54, 1.807) is 19.0 Å². The van der Waals surface area contributed by atoms with Gasteiger partial charge in [0, 0.05) is 20.1 Å². The minimum atomic E-state index is -0.120. The summed E-state index contributed by atoms with van der Waals surface area (Å²) in [4.78, 5) is 28.8. The highest BCUT2D eigenvalue weighted by Gasteiger charge is 2.53. The number of carbonyl (C=O) groups excluding carboxylic acids is 2. The SMILES string of the molecule is C[C@@H](NC(=O)CN1CCC[C@@H]1C(=O)N(C)C)C12CC3CC(CC(C3)C1)C2. The molecule has 1 aliphatic heterocycles. The van der Waals surface area contributed by atoms with Crippen molar-refractivity contribution in [3.8, 4) is 0 Å². The molecule has 0 unspecified atom stereocenters. The van der Waals surface area contributed by atoms with Crippen LogP contribution in [0.5, 0.6) is 0 Å². The highest BCUT2D eigenvalue weighted by molar-refractivity contribution is 5.83. The molecule has 0 aromatic rings. The topological polar surface area (TPSA) is 52.7 Å². The first-order valence-electron chi connectivity index (χ1n) is 10.6. The molecule has 0 spiro atoms. The Morgan fingerprint density at radius 2 is 1.69 bits per heavy atom. The second-order valence-corrected chi connectivity index (χ2v) is 9.93. The zero-order valence-corrected chi connectivity index (χ0v) is 16.7. The molecule has 2 atom stereocenters. The van der Waals surface area contributed by atoms with Gasteiger partial charge in [-0.15, -0.1) is 0 Å². The van der Waals surface area contributed by atoms with Gasteiger partial charge < -0.3 is 10.2 Å². The lowest BCUT2D eigenvalue weighted by Gasteiger charge is -2.59. The van der Waals surface area contributed by atoms with E-state index in [-0.39, 0.29) is 23.9 Å². The molecule has 1 N–H and O–H groups in total. The summed E-state index contributed by atoms with van der Waals surface area (Å²) >= 11 is 0. The maximum absolute atomic E-state index is 12.8. The summed E-state index contributed by atoms with van der Waals surface area (Å²) in [5, 5.41) is 3.35. The fraction of sp³-hybridized carbons (Fsp3) is 0.905. The maximum Gasteiger partial charge on any atom is 0.239 e. The maximum atomic E-state index is 12.8. The summed E-state index contributed by atoms with van der Waals surface area (Å²) in [6, 6.07) is 0.139. The van der Waals surface area contributed by atoms with Crippen LogP contribution in [0.3, 0.4) is 0 Å². The van der Waals surface area contributed by atoms with Gasteiger partial charge >= 0.3 is 0 Å². The Morgan fingerprint density at radius 3 is 2.23 bits per heavy atom. The molecule has 5 heteroatoms. The molecule has 4 bridgehead atoms. The molecule has 2 amide bonds. The van der Waals surface area contributed by atoms with Crippen molar-refractivity contribution in [1.82, 2.24) is 15.1 Å². The molecule has 0 aromatic carbocycles. The normalized spacial score (nSPS) is 39.8. The van der Waals surface area contributed by atoms with Crippen LogP contribution in [-0.4, -0.2) is 60.9 Å². The summed E-state index contributed by atoms with van der Waals surface area (Å²) in [5.41, 5.74) is 0.342. The molecule has 0 aromatic heterocycles. The molecule has 1 heterocycles. The van der Waals surface area contributed by atoms with Crippen molar-refractivity contribution in [3.63, 3.8) is 0 Å².